The molecular formula is C14H21ClN2O2. The van der Waals surface area contributed by atoms with Crippen molar-refractivity contribution in [3.8, 4) is 5.75 Å². The van der Waals surface area contributed by atoms with E-state index >= 15 is 0 Å². The maximum atomic E-state index is 11.7. The molecule has 2 N–H and O–H groups in total. The molecule has 0 heterocycles. The number of halogens is 1. The summed E-state index contributed by atoms with van der Waals surface area (Å²) in [5, 5.41) is 6.12. The first-order valence-corrected chi connectivity index (χ1v) is 7.02. The van der Waals surface area contributed by atoms with Gasteiger partial charge in [0.25, 0.3) is 0 Å². The fourth-order valence-electron chi connectivity index (χ4n) is 1.62. The minimum atomic E-state index is -0.237. The van der Waals surface area contributed by atoms with E-state index < -0.39 is 0 Å². The Kier molecular flexibility index (Phi) is 7.11. The van der Waals surface area contributed by atoms with Crippen LogP contribution >= 0.6 is 11.6 Å². The fourth-order valence-corrected chi connectivity index (χ4v) is 1.80. The molecule has 19 heavy (non-hydrogen) atoms. The molecule has 0 saturated carbocycles. The van der Waals surface area contributed by atoms with E-state index in [-0.39, 0.29) is 6.03 Å². The second-order valence-electron chi connectivity index (χ2n) is 4.16. The number of ether oxygens (including phenoxy) is 1. The number of hydrogen-bond acceptors (Lipinski definition) is 2. The lowest BCUT2D eigenvalue weighted by atomic mass is 10.2. The number of benzene rings is 1. The molecule has 0 unspecified atom stereocenters. The van der Waals surface area contributed by atoms with Crippen molar-refractivity contribution in [3.05, 3.63) is 23.2 Å². The van der Waals surface area contributed by atoms with Crippen LogP contribution < -0.4 is 15.4 Å². The lowest BCUT2D eigenvalue weighted by Gasteiger charge is -2.12. The van der Waals surface area contributed by atoms with Crippen LogP contribution in [0.5, 0.6) is 5.75 Å². The molecule has 0 radical (unpaired) electrons. The van der Waals surface area contributed by atoms with E-state index in [1.54, 1.807) is 18.2 Å². The zero-order valence-corrected chi connectivity index (χ0v) is 12.2. The van der Waals surface area contributed by atoms with Gasteiger partial charge in [-0.2, -0.15) is 0 Å². The molecule has 0 fully saturated rings. The summed E-state index contributed by atoms with van der Waals surface area (Å²) >= 11 is 5.92. The Bertz CT molecular complexity index is 410. The Labute approximate surface area is 119 Å². The van der Waals surface area contributed by atoms with Gasteiger partial charge >= 0.3 is 6.03 Å². The fraction of sp³-hybridized carbons (Fsp3) is 0.500. The van der Waals surface area contributed by atoms with Crippen LogP contribution in [0, 0.1) is 0 Å². The van der Waals surface area contributed by atoms with Gasteiger partial charge < -0.3 is 15.4 Å². The molecule has 0 atom stereocenters. The van der Waals surface area contributed by atoms with Crippen LogP contribution in [0.3, 0.4) is 0 Å². The van der Waals surface area contributed by atoms with Crippen LogP contribution in [-0.4, -0.2) is 19.2 Å². The Balaban J connectivity index is 2.54. The van der Waals surface area contributed by atoms with E-state index in [9.17, 15) is 4.79 Å². The monoisotopic (exact) mass is 284 g/mol. The summed E-state index contributed by atoms with van der Waals surface area (Å²) in [5.74, 6) is 0.621. The standard InChI is InChI=1S/C14H21ClN2O2/c1-3-5-6-9-16-14(18)17-12-10-11(15)7-8-13(12)19-4-2/h7-8,10H,3-6,9H2,1-2H3,(H2,16,17,18). The summed E-state index contributed by atoms with van der Waals surface area (Å²) in [6.45, 7) is 5.22. The van der Waals surface area contributed by atoms with Crippen molar-refractivity contribution in [2.45, 2.75) is 33.1 Å². The molecule has 5 heteroatoms. The number of hydrogen-bond donors (Lipinski definition) is 2. The molecule has 106 valence electrons. The van der Waals surface area contributed by atoms with Crippen molar-refractivity contribution < 1.29 is 9.53 Å². The highest BCUT2D eigenvalue weighted by molar-refractivity contribution is 6.31. The molecule has 2 amide bonds. The highest BCUT2D eigenvalue weighted by atomic mass is 35.5. The number of nitrogens with one attached hydrogen (secondary N) is 2. The maximum Gasteiger partial charge on any atom is 0.319 e. The van der Waals surface area contributed by atoms with Crippen LogP contribution in [0.25, 0.3) is 0 Å². The summed E-state index contributed by atoms with van der Waals surface area (Å²) in [4.78, 5) is 11.7. The van der Waals surface area contributed by atoms with E-state index in [0.29, 0.717) is 29.6 Å². The molecule has 0 bridgehead atoms. The zero-order valence-electron chi connectivity index (χ0n) is 11.5. The molecule has 0 aliphatic heterocycles. The summed E-state index contributed by atoms with van der Waals surface area (Å²) in [7, 11) is 0. The predicted molar refractivity (Wildman–Crippen MR) is 79.2 cm³/mol. The average Bonchev–Trinajstić information content (AvgIpc) is 2.38. The maximum absolute atomic E-state index is 11.7. The average molecular weight is 285 g/mol. The number of urea groups is 1. The van der Waals surface area contributed by atoms with Gasteiger partial charge in [-0.1, -0.05) is 31.4 Å². The van der Waals surface area contributed by atoms with Crippen molar-refractivity contribution in [2.75, 3.05) is 18.5 Å². The third-order valence-electron chi connectivity index (χ3n) is 2.56. The number of carbonyl (C=O) groups is 1. The lowest BCUT2D eigenvalue weighted by molar-refractivity contribution is 0.251. The molecular weight excluding hydrogens is 264 g/mol. The number of rotatable bonds is 7. The smallest absolute Gasteiger partial charge is 0.319 e. The Hall–Kier alpha value is -1.42. The van der Waals surface area contributed by atoms with Gasteiger partial charge in [0.2, 0.25) is 0 Å². The molecule has 1 rings (SSSR count). The molecule has 0 aromatic heterocycles. The quantitative estimate of drug-likeness (QED) is 0.742. The first-order chi connectivity index (χ1) is 9.17. The van der Waals surface area contributed by atoms with Crippen molar-refractivity contribution in [1.82, 2.24) is 5.32 Å². The summed E-state index contributed by atoms with van der Waals surface area (Å²) in [5.41, 5.74) is 0.586. The predicted octanol–water partition coefficient (Wildman–Crippen LogP) is 4.05. The normalized spacial score (nSPS) is 10.1. The van der Waals surface area contributed by atoms with Crippen molar-refractivity contribution in [3.63, 3.8) is 0 Å². The van der Waals surface area contributed by atoms with Gasteiger partial charge in [-0.15, -0.1) is 0 Å². The largest absolute Gasteiger partial charge is 0.492 e. The molecule has 0 aliphatic carbocycles. The first-order valence-electron chi connectivity index (χ1n) is 6.64. The van der Waals surface area contributed by atoms with E-state index in [2.05, 4.69) is 17.6 Å². The summed E-state index contributed by atoms with van der Waals surface area (Å²) in [6.07, 6.45) is 3.23. The van der Waals surface area contributed by atoms with Gasteiger partial charge in [-0.3, -0.25) is 0 Å². The Morgan fingerprint density at radius 2 is 2.11 bits per heavy atom. The summed E-state index contributed by atoms with van der Waals surface area (Å²) in [6, 6.07) is 4.92. The molecule has 1 aromatic carbocycles. The van der Waals surface area contributed by atoms with Crippen LogP contribution in [0.4, 0.5) is 10.5 Å². The second-order valence-corrected chi connectivity index (χ2v) is 4.60. The Morgan fingerprint density at radius 1 is 1.32 bits per heavy atom. The summed E-state index contributed by atoms with van der Waals surface area (Å²) < 4.78 is 5.43. The molecule has 1 aromatic rings. The number of carbonyl (C=O) groups excluding carboxylic acids is 1. The van der Waals surface area contributed by atoms with Gasteiger partial charge in [0.05, 0.1) is 12.3 Å². The van der Waals surface area contributed by atoms with Gasteiger partial charge in [-0.25, -0.2) is 4.79 Å². The number of anilines is 1. The van der Waals surface area contributed by atoms with Crippen LogP contribution in [-0.2, 0) is 0 Å². The minimum absolute atomic E-state index is 0.237. The van der Waals surface area contributed by atoms with Gasteiger partial charge in [0.1, 0.15) is 5.75 Å². The highest BCUT2D eigenvalue weighted by Gasteiger charge is 2.08. The third kappa shape index (κ3) is 5.83. The zero-order chi connectivity index (χ0) is 14.1. The van der Waals surface area contributed by atoms with Gasteiger partial charge in [0, 0.05) is 11.6 Å². The van der Waals surface area contributed by atoms with E-state index in [4.69, 9.17) is 16.3 Å². The van der Waals surface area contributed by atoms with Crippen molar-refractivity contribution in [2.24, 2.45) is 0 Å². The van der Waals surface area contributed by atoms with Crippen LogP contribution in [0.2, 0.25) is 5.02 Å². The Morgan fingerprint density at radius 3 is 2.79 bits per heavy atom. The molecule has 0 spiro atoms. The molecule has 0 aliphatic rings. The highest BCUT2D eigenvalue weighted by Crippen LogP contribution is 2.27. The second kappa shape index (κ2) is 8.64. The van der Waals surface area contributed by atoms with E-state index in [0.717, 1.165) is 19.3 Å². The van der Waals surface area contributed by atoms with Crippen LogP contribution in [0.1, 0.15) is 33.1 Å². The number of amides is 2. The number of unbranched alkanes of at least 4 members (excludes halogenated alkanes) is 2. The van der Waals surface area contributed by atoms with Gasteiger partial charge in [-0.05, 0) is 31.5 Å². The lowest BCUT2D eigenvalue weighted by Crippen LogP contribution is -2.29. The van der Waals surface area contributed by atoms with E-state index in [1.807, 2.05) is 6.92 Å². The van der Waals surface area contributed by atoms with Crippen molar-refractivity contribution >= 4 is 23.3 Å². The molecule has 4 nitrogen and oxygen atoms in total. The first kappa shape index (κ1) is 15.6. The van der Waals surface area contributed by atoms with Crippen molar-refractivity contribution in [1.29, 1.82) is 0 Å². The SMILES string of the molecule is CCCCCNC(=O)Nc1cc(Cl)ccc1OCC. The third-order valence-corrected chi connectivity index (χ3v) is 2.79. The minimum Gasteiger partial charge on any atom is -0.492 e. The topological polar surface area (TPSA) is 50.4 Å². The van der Waals surface area contributed by atoms with Gasteiger partial charge in [0.15, 0.2) is 0 Å². The van der Waals surface area contributed by atoms with E-state index in [1.165, 1.54) is 0 Å². The van der Waals surface area contributed by atoms with Crippen LogP contribution in [0.15, 0.2) is 18.2 Å². The molecule has 0 saturated heterocycles.